The van der Waals surface area contributed by atoms with Gasteiger partial charge in [-0.05, 0) is 19.4 Å². The van der Waals surface area contributed by atoms with Gasteiger partial charge >= 0.3 is 0 Å². The summed E-state index contributed by atoms with van der Waals surface area (Å²) in [5.41, 5.74) is 1.13. The van der Waals surface area contributed by atoms with Crippen LogP contribution in [0.4, 0.5) is 0 Å². The number of hydrogen-bond donors (Lipinski definition) is 0. The Morgan fingerprint density at radius 3 is 2.62 bits per heavy atom. The monoisotopic (exact) mass is 292 g/mol. The molecule has 0 aliphatic carbocycles. The average Bonchev–Trinajstić information content (AvgIpc) is 3.18. The molecule has 1 unspecified atom stereocenters. The van der Waals surface area contributed by atoms with Crippen molar-refractivity contribution in [2.24, 2.45) is 0 Å². The summed E-state index contributed by atoms with van der Waals surface area (Å²) in [6.45, 7) is 5.04. The molecule has 3 saturated heterocycles. The zero-order valence-electron chi connectivity index (χ0n) is 12.2. The van der Waals surface area contributed by atoms with Gasteiger partial charge in [0.2, 0.25) is 0 Å². The molecule has 3 aliphatic rings. The van der Waals surface area contributed by atoms with Crippen LogP contribution in [0.5, 0.6) is 0 Å². The zero-order chi connectivity index (χ0) is 14.4. The molecule has 5 heteroatoms. The molecule has 0 aromatic heterocycles. The smallest absolute Gasteiger partial charge is 0.190 e. The lowest BCUT2D eigenvalue weighted by atomic mass is 10.1. The first kappa shape index (κ1) is 13.7. The number of fused-ring (bicyclic) bond motifs is 1. The number of ether oxygens (including phenoxy) is 5. The fraction of sp³-hybridized carbons (Fsp3) is 0.625. The van der Waals surface area contributed by atoms with Gasteiger partial charge in [-0.2, -0.15) is 0 Å². The third-order valence-corrected chi connectivity index (χ3v) is 4.04. The summed E-state index contributed by atoms with van der Waals surface area (Å²) in [6, 6.07) is 10.1. The summed E-state index contributed by atoms with van der Waals surface area (Å²) in [7, 11) is 0. The highest BCUT2D eigenvalue weighted by atomic mass is 16.8. The van der Waals surface area contributed by atoms with Crippen molar-refractivity contribution in [2.45, 2.75) is 56.9 Å². The van der Waals surface area contributed by atoms with E-state index in [1.165, 1.54) is 0 Å². The van der Waals surface area contributed by atoms with Gasteiger partial charge < -0.3 is 23.7 Å². The molecule has 114 valence electrons. The van der Waals surface area contributed by atoms with Crippen LogP contribution in [-0.4, -0.2) is 43.1 Å². The standard InChI is InChI=1S/C16H20O5/c1-16(2)20-14-13(18-8-10-6-4-3-5-7-10)12(11-9-17-11)19-15(14)21-16/h3-7,11-15H,8-9H2,1-2H3/t11-,12+,13-,14+,15?/m0/s1. The van der Waals surface area contributed by atoms with Gasteiger partial charge in [0.25, 0.3) is 0 Å². The molecule has 3 fully saturated rings. The molecule has 1 aromatic carbocycles. The van der Waals surface area contributed by atoms with Gasteiger partial charge in [0.1, 0.15) is 24.4 Å². The predicted octanol–water partition coefficient (Wildman–Crippen LogP) is 1.85. The molecule has 0 radical (unpaired) electrons. The molecular weight excluding hydrogens is 272 g/mol. The van der Waals surface area contributed by atoms with Crippen LogP contribution in [-0.2, 0) is 30.3 Å². The van der Waals surface area contributed by atoms with Crippen LogP contribution in [0.25, 0.3) is 0 Å². The van der Waals surface area contributed by atoms with Gasteiger partial charge in [0.15, 0.2) is 12.1 Å². The third kappa shape index (κ3) is 2.72. The first-order valence-corrected chi connectivity index (χ1v) is 7.41. The second-order valence-electron chi connectivity index (χ2n) is 6.20. The summed E-state index contributed by atoms with van der Waals surface area (Å²) in [4.78, 5) is 0. The van der Waals surface area contributed by atoms with Crippen LogP contribution in [0.2, 0.25) is 0 Å². The van der Waals surface area contributed by atoms with E-state index in [1.54, 1.807) is 0 Å². The molecule has 21 heavy (non-hydrogen) atoms. The van der Waals surface area contributed by atoms with E-state index in [-0.39, 0.29) is 30.7 Å². The first-order valence-electron chi connectivity index (χ1n) is 7.41. The fourth-order valence-electron chi connectivity index (χ4n) is 3.01. The summed E-state index contributed by atoms with van der Waals surface area (Å²) >= 11 is 0. The molecule has 5 nitrogen and oxygen atoms in total. The molecular formula is C16H20O5. The number of epoxide rings is 1. The lowest BCUT2D eigenvalue weighted by Gasteiger charge is -2.25. The lowest BCUT2D eigenvalue weighted by Crippen LogP contribution is -2.39. The first-order chi connectivity index (χ1) is 10.1. The van der Waals surface area contributed by atoms with Crippen LogP contribution in [0.3, 0.4) is 0 Å². The van der Waals surface area contributed by atoms with Crippen LogP contribution in [0.15, 0.2) is 30.3 Å². The van der Waals surface area contributed by atoms with Crippen molar-refractivity contribution in [2.75, 3.05) is 6.61 Å². The van der Waals surface area contributed by atoms with Gasteiger partial charge in [-0.15, -0.1) is 0 Å². The maximum Gasteiger partial charge on any atom is 0.190 e. The Morgan fingerprint density at radius 1 is 1.14 bits per heavy atom. The maximum atomic E-state index is 6.10. The van der Waals surface area contributed by atoms with Crippen LogP contribution in [0, 0.1) is 0 Å². The Balaban J connectivity index is 1.47. The normalized spacial score (nSPS) is 40.2. The minimum atomic E-state index is -0.626. The van der Waals surface area contributed by atoms with Crippen molar-refractivity contribution >= 4 is 0 Å². The molecule has 5 atom stereocenters. The van der Waals surface area contributed by atoms with E-state index in [0.717, 1.165) is 12.2 Å². The SMILES string of the molecule is CC1(C)OC2O[C@H]([C@@H]3CO3)[C@H](OCc3ccccc3)[C@H]2O1. The summed E-state index contributed by atoms with van der Waals surface area (Å²) in [5.74, 6) is -0.626. The highest BCUT2D eigenvalue weighted by Crippen LogP contribution is 2.42. The minimum Gasteiger partial charge on any atom is -0.370 e. The van der Waals surface area contributed by atoms with E-state index < -0.39 is 5.79 Å². The largest absolute Gasteiger partial charge is 0.370 e. The topological polar surface area (TPSA) is 49.5 Å². The van der Waals surface area contributed by atoms with E-state index >= 15 is 0 Å². The number of rotatable bonds is 4. The van der Waals surface area contributed by atoms with Crippen molar-refractivity contribution in [1.29, 1.82) is 0 Å². The van der Waals surface area contributed by atoms with Crippen molar-refractivity contribution in [3.8, 4) is 0 Å². The van der Waals surface area contributed by atoms with Gasteiger partial charge in [0, 0.05) is 0 Å². The average molecular weight is 292 g/mol. The lowest BCUT2D eigenvalue weighted by molar-refractivity contribution is -0.221. The zero-order valence-corrected chi connectivity index (χ0v) is 12.2. The van der Waals surface area contributed by atoms with Crippen LogP contribution < -0.4 is 0 Å². The fourth-order valence-corrected chi connectivity index (χ4v) is 3.01. The van der Waals surface area contributed by atoms with Gasteiger partial charge in [-0.25, -0.2) is 0 Å². The van der Waals surface area contributed by atoms with Gasteiger partial charge in [0.05, 0.1) is 13.2 Å². The van der Waals surface area contributed by atoms with Crippen molar-refractivity contribution in [3.63, 3.8) is 0 Å². The molecule has 1 aromatic rings. The van der Waals surface area contributed by atoms with Crippen molar-refractivity contribution in [3.05, 3.63) is 35.9 Å². The maximum absolute atomic E-state index is 6.10. The van der Waals surface area contributed by atoms with Crippen molar-refractivity contribution < 1.29 is 23.7 Å². The highest BCUT2D eigenvalue weighted by Gasteiger charge is 2.59. The molecule has 0 bridgehead atoms. The molecule has 0 N–H and O–H groups in total. The Kier molecular flexibility index (Phi) is 3.28. The highest BCUT2D eigenvalue weighted by molar-refractivity contribution is 5.13. The van der Waals surface area contributed by atoms with Crippen molar-refractivity contribution in [1.82, 2.24) is 0 Å². The number of benzene rings is 1. The molecule has 4 rings (SSSR count). The molecule has 3 aliphatic heterocycles. The summed E-state index contributed by atoms with van der Waals surface area (Å²) in [5, 5.41) is 0. The molecule has 0 amide bonds. The third-order valence-electron chi connectivity index (χ3n) is 4.04. The van der Waals surface area contributed by atoms with E-state index in [4.69, 9.17) is 23.7 Å². The molecule has 0 spiro atoms. The second kappa shape index (κ2) is 5.04. The Bertz CT molecular complexity index is 499. The van der Waals surface area contributed by atoms with Gasteiger partial charge in [-0.1, -0.05) is 30.3 Å². The van der Waals surface area contributed by atoms with E-state index in [1.807, 2.05) is 44.2 Å². The summed E-state index contributed by atoms with van der Waals surface area (Å²) < 4.78 is 29.2. The van der Waals surface area contributed by atoms with Crippen LogP contribution in [0.1, 0.15) is 19.4 Å². The second-order valence-corrected chi connectivity index (χ2v) is 6.20. The van der Waals surface area contributed by atoms with Gasteiger partial charge in [-0.3, -0.25) is 0 Å². The minimum absolute atomic E-state index is 0.103. The molecule has 0 saturated carbocycles. The molecule has 3 heterocycles. The van der Waals surface area contributed by atoms with E-state index in [9.17, 15) is 0 Å². The van der Waals surface area contributed by atoms with Crippen LogP contribution >= 0.6 is 0 Å². The predicted molar refractivity (Wildman–Crippen MR) is 73.5 cm³/mol. The van der Waals surface area contributed by atoms with E-state index in [2.05, 4.69) is 0 Å². The Labute approximate surface area is 124 Å². The number of hydrogen-bond acceptors (Lipinski definition) is 5. The summed E-state index contributed by atoms with van der Waals surface area (Å²) in [6.07, 6.45) is -0.733. The quantitative estimate of drug-likeness (QED) is 0.793. The Hall–Kier alpha value is -0.980. The Morgan fingerprint density at radius 2 is 1.90 bits per heavy atom. The van der Waals surface area contributed by atoms with E-state index in [0.29, 0.717) is 6.61 Å².